The zero-order chi connectivity index (χ0) is 23.9. The lowest BCUT2D eigenvalue weighted by atomic mass is 9.96. The van der Waals surface area contributed by atoms with E-state index in [9.17, 15) is 9.90 Å². The molecule has 3 aromatic heterocycles. The molecule has 4 aromatic rings. The highest BCUT2D eigenvalue weighted by molar-refractivity contribution is 7.15. The number of pyridine rings is 2. The monoisotopic (exact) mass is 472 g/mol. The Morgan fingerprint density at radius 3 is 2.71 bits per heavy atom. The van der Waals surface area contributed by atoms with E-state index in [0.717, 1.165) is 38.6 Å². The fraction of sp³-hybridized carbons (Fsp3) is 0.231. The Hall–Kier alpha value is -3.62. The first-order chi connectivity index (χ1) is 16.4. The summed E-state index contributed by atoms with van der Waals surface area (Å²) in [4.78, 5) is 26.4. The van der Waals surface area contributed by atoms with Crippen LogP contribution in [-0.4, -0.2) is 33.1 Å². The topological polar surface area (TPSA) is 97.2 Å². The second-order valence-corrected chi connectivity index (χ2v) is 9.54. The molecule has 1 aliphatic carbocycles. The summed E-state index contributed by atoms with van der Waals surface area (Å²) >= 11 is 1.43. The van der Waals surface area contributed by atoms with Gasteiger partial charge in [-0.3, -0.25) is 0 Å². The number of nitrogens with one attached hydrogen (secondary N) is 1. The molecule has 7 nitrogen and oxygen atoms in total. The standard InChI is InChI=1S/C26H24N4O3S/c1-15-7-9-27-22(11-15)30-23-12-16(2)10-20(29-23)21-14-28-25(34-21)26(32)8-6-17-13-18(24(31)33-3)4-5-19(17)26/h4-5,7,9-14,32H,6,8H2,1-3H3,(H,27,29,30)/t26-/m1/s1. The summed E-state index contributed by atoms with van der Waals surface area (Å²) in [5, 5.41) is 15.5. The molecule has 0 unspecified atom stereocenters. The molecule has 0 saturated carbocycles. The molecule has 34 heavy (non-hydrogen) atoms. The second-order valence-electron chi connectivity index (χ2n) is 8.51. The smallest absolute Gasteiger partial charge is 0.337 e. The van der Waals surface area contributed by atoms with Crippen molar-refractivity contribution < 1.29 is 14.6 Å². The minimum absolute atomic E-state index is 0.384. The Bertz CT molecular complexity index is 1400. The number of anilines is 2. The van der Waals surface area contributed by atoms with Gasteiger partial charge in [-0.15, -0.1) is 11.3 Å². The number of aromatic nitrogens is 3. The molecule has 0 fully saturated rings. The number of methoxy groups -OCH3 is 1. The first kappa shape index (κ1) is 22.2. The molecule has 8 heteroatoms. The van der Waals surface area contributed by atoms with Crippen LogP contribution in [0.1, 0.15) is 44.0 Å². The number of hydrogen-bond acceptors (Lipinski definition) is 8. The number of carbonyl (C=O) groups is 1. The molecular weight excluding hydrogens is 448 g/mol. The summed E-state index contributed by atoms with van der Waals surface area (Å²) in [6.07, 6.45) is 4.69. The number of fused-ring (bicyclic) bond motifs is 1. The van der Waals surface area contributed by atoms with Crippen LogP contribution in [0.2, 0.25) is 0 Å². The number of ether oxygens (including phenoxy) is 1. The van der Waals surface area contributed by atoms with Crippen LogP contribution in [0.3, 0.4) is 0 Å². The van der Waals surface area contributed by atoms with Gasteiger partial charge in [0, 0.05) is 12.4 Å². The first-order valence-corrected chi connectivity index (χ1v) is 11.8. The fourth-order valence-electron chi connectivity index (χ4n) is 4.30. The van der Waals surface area contributed by atoms with E-state index in [-0.39, 0.29) is 5.97 Å². The number of nitrogens with zero attached hydrogens (tertiary/aromatic N) is 3. The normalized spacial score (nSPS) is 16.8. The number of carbonyl (C=O) groups excluding carboxylic acids is 1. The van der Waals surface area contributed by atoms with E-state index in [1.165, 1.54) is 18.4 Å². The van der Waals surface area contributed by atoms with Crippen LogP contribution in [0.15, 0.2) is 54.9 Å². The molecule has 3 heterocycles. The molecule has 1 atom stereocenters. The Balaban J connectivity index is 1.45. The minimum atomic E-state index is -1.19. The Morgan fingerprint density at radius 1 is 1.09 bits per heavy atom. The highest BCUT2D eigenvalue weighted by Gasteiger charge is 2.41. The van der Waals surface area contributed by atoms with Crippen molar-refractivity contribution in [3.8, 4) is 10.6 Å². The van der Waals surface area contributed by atoms with Crippen molar-refractivity contribution in [3.63, 3.8) is 0 Å². The Labute approximate surface area is 201 Å². The molecule has 5 rings (SSSR count). The van der Waals surface area contributed by atoms with Crippen molar-refractivity contribution in [2.24, 2.45) is 0 Å². The number of rotatable bonds is 5. The fourth-order valence-corrected chi connectivity index (χ4v) is 5.31. The summed E-state index contributed by atoms with van der Waals surface area (Å²) < 4.78 is 4.82. The lowest BCUT2D eigenvalue weighted by Gasteiger charge is -2.21. The quantitative estimate of drug-likeness (QED) is 0.398. The van der Waals surface area contributed by atoms with Gasteiger partial charge in [-0.25, -0.2) is 19.7 Å². The maximum atomic E-state index is 11.9. The zero-order valence-electron chi connectivity index (χ0n) is 19.1. The van der Waals surface area contributed by atoms with Crippen molar-refractivity contribution in [1.82, 2.24) is 15.0 Å². The van der Waals surface area contributed by atoms with Crippen molar-refractivity contribution in [2.45, 2.75) is 32.3 Å². The van der Waals surface area contributed by atoms with Crippen LogP contribution in [0.4, 0.5) is 11.6 Å². The van der Waals surface area contributed by atoms with Crippen molar-refractivity contribution in [3.05, 3.63) is 87.7 Å². The van der Waals surface area contributed by atoms with E-state index < -0.39 is 5.60 Å². The summed E-state index contributed by atoms with van der Waals surface area (Å²) in [5.41, 5.74) is 3.96. The van der Waals surface area contributed by atoms with Gasteiger partial charge in [-0.1, -0.05) is 6.07 Å². The molecule has 1 aromatic carbocycles. The molecule has 0 spiro atoms. The SMILES string of the molecule is COC(=O)c1ccc2c(c1)CC[C@]2(O)c1ncc(-c2cc(C)cc(Nc3cc(C)ccn3)n2)s1. The molecule has 0 aliphatic heterocycles. The number of aryl methyl sites for hydroxylation is 3. The van der Waals surface area contributed by atoms with Gasteiger partial charge in [-0.2, -0.15) is 0 Å². The lowest BCUT2D eigenvalue weighted by molar-refractivity contribution is 0.0600. The highest BCUT2D eigenvalue weighted by atomic mass is 32.1. The largest absolute Gasteiger partial charge is 0.465 e. The van der Waals surface area contributed by atoms with Crippen LogP contribution in [0.25, 0.3) is 10.6 Å². The predicted octanol–water partition coefficient (Wildman–Crippen LogP) is 4.93. The number of aliphatic hydroxyl groups is 1. The third-order valence-electron chi connectivity index (χ3n) is 5.98. The highest BCUT2D eigenvalue weighted by Crippen LogP contribution is 2.45. The van der Waals surface area contributed by atoms with Gasteiger partial charge in [-0.05, 0) is 85.3 Å². The number of esters is 1. The summed E-state index contributed by atoms with van der Waals surface area (Å²) in [5.74, 6) is 1.05. The third-order valence-corrected chi connectivity index (χ3v) is 7.15. The lowest BCUT2D eigenvalue weighted by Crippen LogP contribution is -2.23. The van der Waals surface area contributed by atoms with Crippen molar-refractivity contribution in [1.29, 1.82) is 0 Å². The maximum Gasteiger partial charge on any atom is 0.337 e. The summed E-state index contributed by atoms with van der Waals surface area (Å²) in [7, 11) is 1.36. The zero-order valence-corrected chi connectivity index (χ0v) is 19.9. The number of thiazole rings is 1. The number of hydrogen-bond donors (Lipinski definition) is 2. The first-order valence-electron chi connectivity index (χ1n) is 10.9. The molecule has 1 aliphatic rings. The van der Waals surface area contributed by atoms with E-state index in [4.69, 9.17) is 9.72 Å². The Kier molecular flexibility index (Phi) is 5.63. The van der Waals surface area contributed by atoms with Crippen molar-refractivity contribution in [2.75, 3.05) is 12.4 Å². The molecule has 0 radical (unpaired) electrons. The van der Waals surface area contributed by atoms with Gasteiger partial charge in [0.2, 0.25) is 0 Å². The van der Waals surface area contributed by atoms with Crippen LogP contribution >= 0.6 is 11.3 Å². The van der Waals surface area contributed by atoms with Crippen LogP contribution in [0, 0.1) is 13.8 Å². The molecule has 0 saturated heterocycles. The average Bonchev–Trinajstić information content (AvgIpc) is 3.44. The van der Waals surface area contributed by atoms with E-state index in [1.807, 2.05) is 38.1 Å². The molecule has 0 amide bonds. The van der Waals surface area contributed by atoms with Crippen LogP contribution in [0.5, 0.6) is 0 Å². The maximum absolute atomic E-state index is 11.9. The van der Waals surface area contributed by atoms with Gasteiger partial charge >= 0.3 is 5.97 Å². The summed E-state index contributed by atoms with van der Waals surface area (Å²) in [6.45, 7) is 4.03. The van der Waals surface area contributed by atoms with E-state index in [0.29, 0.717) is 29.2 Å². The summed E-state index contributed by atoms with van der Waals surface area (Å²) in [6, 6.07) is 13.2. The number of benzene rings is 1. The molecule has 0 bridgehead atoms. The third kappa shape index (κ3) is 4.06. The van der Waals surface area contributed by atoms with Crippen LogP contribution < -0.4 is 5.32 Å². The van der Waals surface area contributed by atoms with Gasteiger partial charge in [0.05, 0.1) is 23.2 Å². The van der Waals surface area contributed by atoms with E-state index in [1.54, 1.807) is 30.6 Å². The predicted molar refractivity (Wildman–Crippen MR) is 131 cm³/mol. The Morgan fingerprint density at radius 2 is 1.91 bits per heavy atom. The second kappa shape index (κ2) is 8.62. The minimum Gasteiger partial charge on any atom is -0.465 e. The molecular formula is C26H24N4O3S. The van der Waals surface area contributed by atoms with Gasteiger partial charge < -0.3 is 15.2 Å². The van der Waals surface area contributed by atoms with Crippen molar-refractivity contribution >= 4 is 28.9 Å². The molecule has 2 N–H and O–H groups in total. The average molecular weight is 473 g/mol. The van der Waals surface area contributed by atoms with E-state index in [2.05, 4.69) is 15.3 Å². The van der Waals surface area contributed by atoms with Gasteiger partial charge in [0.1, 0.15) is 22.2 Å². The van der Waals surface area contributed by atoms with Gasteiger partial charge in [0.25, 0.3) is 0 Å². The van der Waals surface area contributed by atoms with Gasteiger partial charge in [0.15, 0.2) is 0 Å². The van der Waals surface area contributed by atoms with Crippen LogP contribution in [-0.2, 0) is 16.8 Å². The van der Waals surface area contributed by atoms with E-state index >= 15 is 0 Å². The molecule has 172 valence electrons.